The molecule has 0 spiro atoms. The molecule has 7 heteroatoms. The summed E-state index contributed by atoms with van der Waals surface area (Å²) >= 11 is 0. The van der Waals surface area contributed by atoms with Crippen molar-refractivity contribution in [2.24, 2.45) is 0 Å². The monoisotopic (exact) mass is 348 g/mol. The number of hydrogen-bond acceptors (Lipinski definition) is 4. The highest BCUT2D eigenvalue weighted by molar-refractivity contribution is 5.90. The van der Waals surface area contributed by atoms with E-state index < -0.39 is 5.82 Å². The van der Waals surface area contributed by atoms with E-state index in [1.54, 1.807) is 43.2 Å². The van der Waals surface area contributed by atoms with Crippen LogP contribution in [0.3, 0.4) is 0 Å². The zero-order chi connectivity index (χ0) is 17.8. The number of benzene rings is 1. The maximum absolute atomic E-state index is 14.1. The van der Waals surface area contributed by atoms with E-state index in [2.05, 4.69) is 5.32 Å². The molecular formula is C18H21FN2O4. The number of morpholine rings is 1. The van der Waals surface area contributed by atoms with Crippen LogP contribution in [0.2, 0.25) is 0 Å². The fourth-order valence-electron chi connectivity index (χ4n) is 2.81. The van der Waals surface area contributed by atoms with Gasteiger partial charge in [0.1, 0.15) is 30.0 Å². The van der Waals surface area contributed by atoms with Gasteiger partial charge in [0.2, 0.25) is 0 Å². The van der Waals surface area contributed by atoms with Gasteiger partial charge >= 0.3 is 6.03 Å². The van der Waals surface area contributed by atoms with E-state index in [1.165, 1.54) is 0 Å². The number of nitrogens with one attached hydrogen (secondary N) is 1. The van der Waals surface area contributed by atoms with Crippen LogP contribution in [0.25, 0.3) is 0 Å². The van der Waals surface area contributed by atoms with Crippen molar-refractivity contribution in [1.82, 2.24) is 4.90 Å². The number of aryl methyl sites for hydroxylation is 1. The zero-order valence-corrected chi connectivity index (χ0v) is 14.3. The number of halogens is 1. The number of anilines is 1. The minimum Gasteiger partial charge on any atom is -0.461 e. The second-order valence-corrected chi connectivity index (χ2v) is 5.89. The van der Waals surface area contributed by atoms with Crippen LogP contribution in [0.1, 0.15) is 23.1 Å². The number of ether oxygens (including phenoxy) is 2. The number of methoxy groups -OCH3 is 1. The SMILES string of the molecule is COCc1ccc(C2COCCN2C(=O)Nc2cccc(C)c2F)o1. The third-order valence-corrected chi connectivity index (χ3v) is 4.12. The fourth-order valence-corrected chi connectivity index (χ4v) is 2.81. The predicted molar refractivity (Wildman–Crippen MR) is 89.8 cm³/mol. The molecule has 25 heavy (non-hydrogen) atoms. The molecule has 1 fully saturated rings. The molecule has 1 aromatic carbocycles. The lowest BCUT2D eigenvalue weighted by Gasteiger charge is -2.34. The Hall–Kier alpha value is -2.38. The minimum absolute atomic E-state index is 0.162. The maximum Gasteiger partial charge on any atom is 0.322 e. The van der Waals surface area contributed by atoms with Crippen molar-refractivity contribution >= 4 is 11.7 Å². The Kier molecular flexibility index (Phi) is 5.35. The third kappa shape index (κ3) is 3.83. The van der Waals surface area contributed by atoms with Gasteiger partial charge in [-0.3, -0.25) is 0 Å². The van der Waals surface area contributed by atoms with E-state index in [9.17, 15) is 9.18 Å². The Balaban J connectivity index is 1.77. The van der Waals surface area contributed by atoms with Gasteiger partial charge < -0.3 is 24.1 Å². The smallest absolute Gasteiger partial charge is 0.322 e. The van der Waals surface area contributed by atoms with Crippen molar-refractivity contribution in [3.8, 4) is 0 Å². The second-order valence-electron chi connectivity index (χ2n) is 5.89. The molecule has 0 saturated carbocycles. The second kappa shape index (κ2) is 7.67. The van der Waals surface area contributed by atoms with E-state index in [4.69, 9.17) is 13.9 Å². The summed E-state index contributed by atoms with van der Waals surface area (Å²) in [6, 6.07) is 7.76. The van der Waals surface area contributed by atoms with E-state index in [0.29, 0.717) is 43.4 Å². The number of hydrogen-bond donors (Lipinski definition) is 1. The summed E-state index contributed by atoms with van der Waals surface area (Å²) < 4.78 is 30.4. The fraction of sp³-hybridized carbons (Fsp3) is 0.389. The number of amides is 2. The van der Waals surface area contributed by atoms with Crippen molar-refractivity contribution in [3.05, 3.63) is 53.2 Å². The number of rotatable bonds is 4. The van der Waals surface area contributed by atoms with Crippen LogP contribution >= 0.6 is 0 Å². The quantitative estimate of drug-likeness (QED) is 0.919. The van der Waals surface area contributed by atoms with Gasteiger partial charge in [-0.05, 0) is 30.7 Å². The molecule has 0 bridgehead atoms. The largest absolute Gasteiger partial charge is 0.461 e. The lowest BCUT2D eigenvalue weighted by molar-refractivity contribution is 0.00635. The summed E-state index contributed by atoms with van der Waals surface area (Å²) in [5.41, 5.74) is 0.640. The van der Waals surface area contributed by atoms with E-state index in [-0.39, 0.29) is 17.8 Å². The molecule has 0 radical (unpaired) electrons. The number of nitrogens with zero attached hydrogens (tertiary/aromatic N) is 1. The van der Waals surface area contributed by atoms with Crippen LogP contribution in [0.4, 0.5) is 14.9 Å². The number of carbonyl (C=O) groups excluding carboxylic acids is 1. The average Bonchev–Trinajstić information content (AvgIpc) is 3.08. The Morgan fingerprint density at radius 1 is 1.40 bits per heavy atom. The highest BCUT2D eigenvalue weighted by atomic mass is 19.1. The van der Waals surface area contributed by atoms with Crippen LogP contribution in [-0.2, 0) is 16.1 Å². The predicted octanol–water partition coefficient (Wildman–Crippen LogP) is 3.48. The van der Waals surface area contributed by atoms with E-state index in [0.717, 1.165) is 0 Å². The Labute approximate surface area is 145 Å². The number of furan rings is 1. The lowest BCUT2D eigenvalue weighted by atomic mass is 10.2. The molecule has 1 aromatic heterocycles. The van der Waals surface area contributed by atoms with Crippen molar-refractivity contribution in [2.75, 3.05) is 32.2 Å². The normalized spacial score (nSPS) is 17.6. The highest BCUT2D eigenvalue weighted by Gasteiger charge is 2.31. The van der Waals surface area contributed by atoms with E-state index >= 15 is 0 Å². The number of urea groups is 1. The summed E-state index contributed by atoms with van der Waals surface area (Å²) in [4.78, 5) is 14.3. The molecule has 1 N–H and O–H groups in total. The molecule has 1 atom stereocenters. The summed E-state index contributed by atoms with van der Waals surface area (Å²) in [5, 5.41) is 2.64. The van der Waals surface area contributed by atoms with Crippen LogP contribution in [0, 0.1) is 12.7 Å². The Bertz CT molecular complexity index is 746. The summed E-state index contributed by atoms with van der Waals surface area (Å²) in [7, 11) is 1.59. The van der Waals surface area contributed by atoms with Gasteiger partial charge in [-0.2, -0.15) is 0 Å². The molecule has 1 saturated heterocycles. The van der Waals surface area contributed by atoms with Crippen LogP contribution in [0.5, 0.6) is 0 Å². The first-order valence-electron chi connectivity index (χ1n) is 8.08. The highest BCUT2D eigenvalue weighted by Crippen LogP contribution is 2.27. The average molecular weight is 348 g/mol. The van der Waals surface area contributed by atoms with E-state index in [1.807, 2.05) is 6.07 Å². The molecule has 2 amide bonds. The lowest BCUT2D eigenvalue weighted by Crippen LogP contribution is -2.45. The molecule has 1 unspecified atom stereocenters. The van der Waals surface area contributed by atoms with Crippen molar-refractivity contribution in [1.29, 1.82) is 0 Å². The van der Waals surface area contributed by atoms with Gasteiger partial charge in [0.25, 0.3) is 0 Å². The van der Waals surface area contributed by atoms with Gasteiger partial charge in [0.05, 0.1) is 18.9 Å². The molecule has 6 nitrogen and oxygen atoms in total. The molecule has 3 rings (SSSR count). The van der Waals surface area contributed by atoms with Gasteiger partial charge in [-0.1, -0.05) is 12.1 Å². The van der Waals surface area contributed by atoms with Crippen LogP contribution < -0.4 is 5.32 Å². The Morgan fingerprint density at radius 2 is 2.24 bits per heavy atom. The number of carbonyl (C=O) groups is 1. The summed E-state index contributed by atoms with van der Waals surface area (Å²) in [6.45, 7) is 3.15. The van der Waals surface area contributed by atoms with Gasteiger partial charge in [-0.25, -0.2) is 9.18 Å². The topological polar surface area (TPSA) is 63.9 Å². The van der Waals surface area contributed by atoms with Crippen molar-refractivity contribution < 1.29 is 23.1 Å². The Morgan fingerprint density at radius 3 is 3.04 bits per heavy atom. The van der Waals surface area contributed by atoms with Crippen LogP contribution in [0.15, 0.2) is 34.7 Å². The molecule has 0 aliphatic carbocycles. The maximum atomic E-state index is 14.1. The molecule has 2 heterocycles. The molecule has 1 aliphatic rings. The molecule has 1 aliphatic heterocycles. The van der Waals surface area contributed by atoms with Crippen molar-refractivity contribution in [2.45, 2.75) is 19.6 Å². The first kappa shape index (κ1) is 17.4. The third-order valence-electron chi connectivity index (χ3n) is 4.12. The minimum atomic E-state index is -0.430. The van der Waals surface area contributed by atoms with Crippen molar-refractivity contribution in [3.63, 3.8) is 0 Å². The zero-order valence-electron chi connectivity index (χ0n) is 14.3. The first-order valence-corrected chi connectivity index (χ1v) is 8.08. The molecule has 134 valence electrons. The summed E-state index contributed by atoms with van der Waals surface area (Å²) in [5.74, 6) is 0.862. The molecular weight excluding hydrogens is 327 g/mol. The molecule has 2 aromatic rings. The van der Waals surface area contributed by atoms with Gasteiger partial charge in [0, 0.05) is 13.7 Å². The summed E-state index contributed by atoms with van der Waals surface area (Å²) in [6.07, 6.45) is 0. The standard InChI is InChI=1S/C18H21FN2O4/c1-12-4-3-5-14(17(12)19)20-18(22)21-8-9-24-11-15(21)16-7-6-13(25-16)10-23-2/h3-7,15H,8-11H2,1-2H3,(H,20,22). The first-order chi connectivity index (χ1) is 12.1. The van der Waals surface area contributed by atoms with Gasteiger partial charge in [0.15, 0.2) is 0 Å². The van der Waals surface area contributed by atoms with Crippen LogP contribution in [-0.4, -0.2) is 37.8 Å². The van der Waals surface area contributed by atoms with Gasteiger partial charge in [-0.15, -0.1) is 0 Å².